The van der Waals surface area contributed by atoms with Crippen LogP contribution in [0.4, 0.5) is 0 Å². The van der Waals surface area contributed by atoms with E-state index in [1.165, 1.54) is 11.9 Å². The summed E-state index contributed by atoms with van der Waals surface area (Å²) in [5.41, 5.74) is 0. The highest BCUT2D eigenvalue weighted by Crippen LogP contribution is 2.22. The minimum absolute atomic E-state index is 0.0567. The second-order valence-corrected chi connectivity index (χ2v) is 8.08. The maximum atomic E-state index is 12.0. The van der Waals surface area contributed by atoms with Crippen LogP contribution in [0.1, 0.15) is 6.42 Å². The summed E-state index contributed by atoms with van der Waals surface area (Å²) in [4.78, 5) is 24.9. The van der Waals surface area contributed by atoms with Gasteiger partial charge in [-0.1, -0.05) is 23.7 Å². The molecule has 1 amide bonds. The molecule has 2 rings (SSSR count). The highest BCUT2D eigenvalue weighted by atomic mass is 35.5. The van der Waals surface area contributed by atoms with Gasteiger partial charge in [0.15, 0.2) is 23.1 Å². The normalized spacial score (nSPS) is 18.8. The van der Waals surface area contributed by atoms with Gasteiger partial charge in [0, 0.05) is 13.1 Å². The van der Waals surface area contributed by atoms with Gasteiger partial charge in [-0.3, -0.25) is 4.79 Å². The van der Waals surface area contributed by atoms with E-state index in [4.69, 9.17) is 21.1 Å². The molecule has 7 nitrogen and oxygen atoms in total. The molecule has 1 fully saturated rings. The quantitative estimate of drug-likeness (QED) is 0.686. The third-order valence-electron chi connectivity index (χ3n) is 3.69. The molecule has 1 aliphatic heterocycles. The van der Waals surface area contributed by atoms with Gasteiger partial charge in [0.25, 0.3) is 5.91 Å². The summed E-state index contributed by atoms with van der Waals surface area (Å²) in [6.45, 7) is -0.837. The number of benzene rings is 1. The van der Waals surface area contributed by atoms with E-state index >= 15 is 0 Å². The van der Waals surface area contributed by atoms with Crippen LogP contribution in [-0.2, 0) is 24.2 Å². The van der Waals surface area contributed by atoms with E-state index in [1.807, 2.05) is 0 Å². The summed E-state index contributed by atoms with van der Waals surface area (Å²) in [7, 11) is -1.58. The van der Waals surface area contributed by atoms with Gasteiger partial charge < -0.3 is 14.4 Å². The van der Waals surface area contributed by atoms with Crippen LogP contribution < -0.4 is 4.74 Å². The van der Waals surface area contributed by atoms with E-state index in [0.717, 1.165) is 0 Å². The molecule has 9 heteroatoms. The van der Waals surface area contributed by atoms with E-state index in [1.54, 1.807) is 24.3 Å². The molecule has 1 heterocycles. The summed E-state index contributed by atoms with van der Waals surface area (Å²) in [5, 5.41) is 0.364. The predicted molar refractivity (Wildman–Crippen MR) is 87.7 cm³/mol. The van der Waals surface area contributed by atoms with E-state index < -0.39 is 28.3 Å². The van der Waals surface area contributed by atoms with Crippen molar-refractivity contribution in [1.82, 2.24) is 4.90 Å². The molecule has 0 aromatic heterocycles. The lowest BCUT2D eigenvalue weighted by molar-refractivity contribution is -0.153. The van der Waals surface area contributed by atoms with Crippen molar-refractivity contribution in [1.29, 1.82) is 0 Å². The lowest BCUT2D eigenvalue weighted by Crippen LogP contribution is -2.40. The van der Waals surface area contributed by atoms with Crippen LogP contribution in [0.3, 0.4) is 0 Å². The number of para-hydroxylation sites is 1. The van der Waals surface area contributed by atoms with Gasteiger partial charge in [-0.25, -0.2) is 13.2 Å². The van der Waals surface area contributed by atoms with Crippen LogP contribution in [0.2, 0.25) is 5.02 Å². The van der Waals surface area contributed by atoms with Crippen molar-refractivity contribution in [2.24, 2.45) is 0 Å². The van der Waals surface area contributed by atoms with Crippen LogP contribution in [0.15, 0.2) is 24.3 Å². The average molecular weight is 376 g/mol. The summed E-state index contributed by atoms with van der Waals surface area (Å²) in [6, 6.07) is 6.29. The van der Waals surface area contributed by atoms with E-state index in [2.05, 4.69) is 0 Å². The number of hydrogen-bond donors (Lipinski definition) is 0. The van der Waals surface area contributed by atoms with Gasteiger partial charge in [0.1, 0.15) is 5.75 Å². The Balaban J connectivity index is 1.75. The Morgan fingerprint density at radius 3 is 2.62 bits per heavy atom. The smallest absolute Gasteiger partial charge is 0.344 e. The summed E-state index contributed by atoms with van der Waals surface area (Å²) < 4.78 is 32.9. The van der Waals surface area contributed by atoms with Crippen molar-refractivity contribution in [2.75, 3.05) is 31.8 Å². The fourth-order valence-electron chi connectivity index (χ4n) is 2.27. The number of amides is 1. The molecule has 132 valence electrons. The SMILES string of the molecule is CN(C(=O)COC(=O)COc1ccccc1Cl)[C@H]1CCS(=O)(=O)C1. The van der Waals surface area contributed by atoms with Crippen LogP contribution in [-0.4, -0.2) is 63.0 Å². The van der Waals surface area contributed by atoms with Crippen molar-refractivity contribution in [3.63, 3.8) is 0 Å². The lowest BCUT2D eigenvalue weighted by atomic mass is 10.2. The molecule has 1 saturated heterocycles. The van der Waals surface area contributed by atoms with E-state index in [-0.39, 0.29) is 24.2 Å². The number of likely N-dealkylation sites (N-methyl/N-ethyl adjacent to an activating group) is 1. The molecule has 1 atom stereocenters. The average Bonchev–Trinajstić information content (AvgIpc) is 2.91. The fourth-order valence-corrected chi connectivity index (χ4v) is 4.23. The Morgan fingerprint density at radius 1 is 1.29 bits per heavy atom. The van der Waals surface area contributed by atoms with Gasteiger partial charge in [-0.05, 0) is 18.6 Å². The summed E-state index contributed by atoms with van der Waals surface area (Å²) >= 11 is 5.89. The number of sulfone groups is 1. The molecule has 0 unspecified atom stereocenters. The van der Waals surface area contributed by atoms with Gasteiger partial charge >= 0.3 is 5.97 Å². The third-order valence-corrected chi connectivity index (χ3v) is 5.75. The van der Waals surface area contributed by atoms with Crippen LogP contribution in [0.25, 0.3) is 0 Å². The van der Waals surface area contributed by atoms with Gasteiger partial charge in [-0.15, -0.1) is 0 Å². The standard InChI is InChI=1S/C15H18ClNO6S/c1-17(11-6-7-24(20,21)10-11)14(18)8-23-15(19)9-22-13-5-3-2-4-12(13)16/h2-5,11H,6-10H2,1H3/t11-/m0/s1. The second-order valence-electron chi connectivity index (χ2n) is 5.44. The Labute approximate surface area is 145 Å². The molecule has 1 aliphatic rings. The first-order valence-corrected chi connectivity index (χ1v) is 9.47. The van der Waals surface area contributed by atoms with Crippen molar-refractivity contribution >= 4 is 33.3 Å². The first-order valence-electron chi connectivity index (χ1n) is 7.27. The Hall–Kier alpha value is -1.80. The Bertz CT molecular complexity index is 720. The Kier molecular flexibility index (Phi) is 6.06. The minimum Gasteiger partial charge on any atom is -0.480 e. The number of hydrogen-bond acceptors (Lipinski definition) is 6. The zero-order valence-electron chi connectivity index (χ0n) is 13.1. The topological polar surface area (TPSA) is 90.0 Å². The zero-order chi connectivity index (χ0) is 17.7. The van der Waals surface area contributed by atoms with Crippen molar-refractivity contribution in [3.05, 3.63) is 29.3 Å². The maximum Gasteiger partial charge on any atom is 0.344 e. The fraction of sp³-hybridized carbons (Fsp3) is 0.467. The van der Waals surface area contributed by atoms with E-state index in [0.29, 0.717) is 17.2 Å². The molecule has 1 aromatic rings. The monoisotopic (exact) mass is 375 g/mol. The highest BCUT2D eigenvalue weighted by molar-refractivity contribution is 7.91. The molecule has 0 spiro atoms. The third kappa shape index (κ3) is 5.10. The highest BCUT2D eigenvalue weighted by Gasteiger charge is 2.32. The molecule has 0 N–H and O–H groups in total. The number of nitrogens with zero attached hydrogens (tertiary/aromatic N) is 1. The number of rotatable bonds is 6. The number of carbonyl (C=O) groups excluding carboxylic acids is 2. The van der Waals surface area contributed by atoms with Gasteiger partial charge in [-0.2, -0.15) is 0 Å². The second kappa shape index (κ2) is 7.85. The van der Waals surface area contributed by atoms with Crippen LogP contribution >= 0.6 is 11.6 Å². The number of halogens is 1. The number of esters is 1. The summed E-state index contributed by atoms with van der Waals surface area (Å²) in [6.07, 6.45) is 0.397. The molecule has 0 bridgehead atoms. The predicted octanol–water partition coefficient (Wildman–Crippen LogP) is 0.907. The van der Waals surface area contributed by atoms with Gasteiger partial charge in [0.2, 0.25) is 0 Å². The Morgan fingerprint density at radius 2 is 2.00 bits per heavy atom. The van der Waals surface area contributed by atoms with E-state index in [9.17, 15) is 18.0 Å². The molecular formula is C15H18ClNO6S. The van der Waals surface area contributed by atoms with Crippen LogP contribution in [0, 0.1) is 0 Å². The maximum absolute atomic E-state index is 12.0. The first kappa shape index (κ1) is 18.5. The molecule has 0 radical (unpaired) electrons. The molecule has 0 aliphatic carbocycles. The van der Waals surface area contributed by atoms with Crippen molar-refractivity contribution in [2.45, 2.75) is 12.5 Å². The summed E-state index contributed by atoms with van der Waals surface area (Å²) in [5.74, 6) is -0.811. The largest absolute Gasteiger partial charge is 0.480 e. The molecular weight excluding hydrogens is 358 g/mol. The zero-order valence-corrected chi connectivity index (χ0v) is 14.7. The van der Waals surface area contributed by atoms with Crippen molar-refractivity contribution < 1.29 is 27.5 Å². The molecule has 0 saturated carbocycles. The van der Waals surface area contributed by atoms with Crippen LogP contribution in [0.5, 0.6) is 5.75 Å². The number of carbonyl (C=O) groups is 2. The minimum atomic E-state index is -3.08. The van der Waals surface area contributed by atoms with Crippen molar-refractivity contribution in [3.8, 4) is 5.75 Å². The number of ether oxygens (including phenoxy) is 2. The lowest BCUT2D eigenvalue weighted by Gasteiger charge is -2.23. The van der Waals surface area contributed by atoms with Gasteiger partial charge in [0.05, 0.1) is 16.5 Å². The molecule has 24 heavy (non-hydrogen) atoms. The first-order chi connectivity index (χ1) is 11.3. The molecule has 1 aromatic carbocycles.